The Bertz CT molecular complexity index is 368. The van der Waals surface area contributed by atoms with Crippen LogP contribution in [0.15, 0.2) is 18.2 Å². The smallest absolute Gasteiger partial charge is 0.0371 e. The lowest BCUT2D eigenvalue weighted by Gasteiger charge is -2.25. The Labute approximate surface area is 99.5 Å². The van der Waals surface area contributed by atoms with Crippen molar-refractivity contribution < 1.29 is 0 Å². The summed E-state index contributed by atoms with van der Waals surface area (Å²) in [6.07, 6.45) is 2.68. The zero-order valence-corrected chi connectivity index (χ0v) is 11.0. The standard InChI is InChI=1S/C15H23N/c1-11(2)15-8-7-14(10-12(15)3)16-9-5-6-13(16)4/h7-8,10-11,13H,5-6,9H2,1-4H3. The van der Waals surface area contributed by atoms with Crippen molar-refractivity contribution >= 4 is 5.69 Å². The Hall–Kier alpha value is -0.980. The maximum atomic E-state index is 2.54. The molecule has 0 radical (unpaired) electrons. The van der Waals surface area contributed by atoms with Crippen LogP contribution >= 0.6 is 0 Å². The van der Waals surface area contributed by atoms with Crippen LogP contribution in [0.4, 0.5) is 5.69 Å². The normalized spacial score (nSPS) is 20.8. The molecule has 88 valence electrons. The van der Waals surface area contributed by atoms with E-state index in [0.29, 0.717) is 12.0 Å². The first kappa shape index (κ1) is 11.5. The van der Waals surface area contributed by atoms with Crippen molar-refractivity contribution in [1.82, 2.24) is 0 Å². The van der Waals surface area contributed by atoms with Gasteiger partial charge in [0.2, 0.25) is 0 Å². The number of aryl methyl sites for hydroxylation is 1. The molecule has 0 spiro atoms. The van der Waals surface area contributed by atoms with Crippen molar-refractivity contribution in [2.75, 3.05) is 11.4 Å². The third-order valence-corrected chi connectivity index (χ3v) is 3.76. The Balaban J connectivity index is 2.27. The summed E-state index contributed by atoms with van der Waals surface area (Å²) < 4.78 is 0. The minimum absolute atomic E-state index is 0.630. The lowest BCUT2D eigenvalue weighted by molar-refractivity contribution is 0.734. The van der Waals surface area contributed by atoms with Crippen molar-refractivity contribution in [2.45, 2.75) is 52.5 Å². The number of rotatable bonds is 2. The van der Waals surface area contributed by atoms with Gasteiger partial charge in [-0.1, -0.05) is 19.9 Å². The Morgan fingerprint density at radius 2 is 2.06 bits per heavy atom. The summed E-state index contributed by atoms with van der Waals surface area (Å²) in [5.41, 5.74) is 4.33. The van der Waals surface area contributed by atoms with Crippen LogP contribution in [0.5, 0.6) is 0 Å². The van der Waals surface area contributed by atoms with Crippen LogP contribution in [-0.2, 0) is 0 Å². The summed E-state index contributed by atoms with van der Waals surface area (Å²) >= 11 is 0. The first-order valence-electron chi connectivity index (χ1n) is 6.47. The van der Waals surface area contributed by atoms with Gasteiger partial charge in [-0.05, 0) is 55.9 Å². The van der Waals surface area contributed by atoms with E-state index in [9.17, 15) is 0 Å². The molecule has 0 aliphatic carbocycles. The highest BCUT2D eigenvalue weighted by Crippen LogP contribution is 2.29. The molecule has 1 aliphatic heterocycles. The molecule has 16 heavy (non-hydrogen) atoms. The van der Waals surface area contributed by atoms with E-state index in [1.165, 1.54) is 36.2 Å². The summed E-state index contributed by atoms with van der Waals surface area (Å²) in [4.78, 5) is 2.54. The van der Waals surface area contributed by atoms with E-state index in [0.717, 1.165) is 0 Å². The van der Waals surface area contributed by atoms with Gasteiger partial charge in [-0.25, -0.2) is 0 Å². The molecule has 1 unspecified atom stereocenters. The predicted molar refractivity (Wildman–Crippen MR) is 71.3 cm³/mol. The molecule has 1 heterocycles. The zero-order valence-electron chi connectivity index (χ0n) is 11.0. The van der Waals surface area contributed by atoms with Gasteiger partial charge >= 0.3 is 0 Å². The van der Waals surface area contributed by atoms with Gasteiger partial charge in [0.05, 0.1) is 0 Å². The molecule has 1 saturated heterocycles. The van der Waals surface area contributed by atoms with Gasteiger partial charge in [0.15, 0.2) is 0 Å². The van der Waals surface area contributed by atoms with E-state index < -0.39 is 0 Å². The van der Waals surface area contributed by atoms with E-state index >= 15 is 0 Å². The van der Waals surface area contributed by atoms with Crippen molar-refractivity contribution in [1.29, 1.82) is 0 Å². The van der Waals surface area contributed by atoms with Crippen molar-refractivity contribution in [3.05, 3.63) is 29.3 Å². The first-order valence-corrected chi connectivity index (χ1v) is 6.47. The van der Waals surface area contributed by atoms with Crippen molar-refractivity contribution in [2.24, 2.45) is 0 Å². The molecule has 2 rings (SSSR count). The van der Waals surface area contributed by atoms with E-state index in [1.807, 2.05) is 0 Å². The molecule has 0 saturated carbocycles. The van der Waals surface area contributed by atoms with Gasteiger partial charge in [-0.15, -0.1) is 0 Å². The topological polar surface area (TPSA) is 3.24 Å². The zero-order chi connectivity index (χ0) is 11.7. The summed E-state index contributed by atoms with van der Waals surface area (Å²) in [6, 6.07) is 7.67. The number of hydrogen-bond acceptors (Lipinski definition) is 1. The molecular formula is C15H23N. The quantitative estimate of drug-likeness (QED) is 0.720. The molecule has 0 amide bonds. The summed E-state index contributed by atoms with van der Waals surface area (Å²) in [5.74, 6) is 0.630. The molecule has 1 heteroatoms. The molecule has 1 aromatic carbocycles. The molecule has 1 aliphatic rings. The van der Waals surface area contributed by atoms with Gasteiger partial charge < -0.3 is 4.90 Å². The van der Waals surface area contributed by atoms with Crippen LogP contribution < -0.4 is 4.90 Å². The van der Waals surface area contributed by atoms with Crippen LogP contribution in [0.3, 0.4) is 0 Å². The summed E-state index contributed by atoms with van der Waals surface area (Å²) in [6.45, 7) is 10.3. The largest absolute Gasteiger partial charge is 0.369 e. The van der Waals surface area contributed by atoms with Crippen LogP contribution in [0.2, 0.25) is 0 Å². The molecule has 0 aromatic heterocycles. The lowest BCUT2D eigenvalue weighted by atomic mass is 9.97. The number of anilines is 1. The predicted octanol–water partition coefficient (Wildman–Crippen LogP) is 4.11. The van der Waals surface area contributed by atoms with E-state index in [-0.39, 0.29) is 0 Å². The maximum absolute atomic E-state index is 2.54. The fourth-order valence-electron chi connectivity index (χ4n) is 2.80. The third kappa shape index (κ3) is 2.09. The van der Waals surface area contributed by atoms with Crippen LogP contribution in [-0.4, -0.2) is 12.6 Å². The molecule has 1 nitrogen and oxygen atoms in total. The summed E-state index contributed by atoms with van der Waals surface area (Å²) in [5, 5.41) is 0. The minimum atomic E-state index is 0.630. The van der Waals surface area contributed by atoms with E-state index in [4.69, 9.17) is 0 Å². The van der Waals surface area contributed by atoms with Crippen LogP contribution in [0, 0.1) is 6.92 Å². The van der Waals surface area contributed by atoms with Crippen LogP contribution in [0.25, 0.3) is 0 Å². The Morgan fingerprint density at radius 3 is 2.56 bits per heavy atom. The van der Waals surface area contributed by atoms with Crippen molar-refractivity contribution in [3.8, 4) is 0 Å². The lowest BCUT2D eigenvalue weighted by Crippen LogP contribution is -2.26. The number of nitrogens with zero attached hydrogens (tertiary/aromatic N) is 1. The average Bonchev–Trinajstić information content (AvgIpc) is 2.63. The van der Waals surface area contributed by atoms with E-state index in [2.05, 4.69) is 50.8 Å². The van der Waals surface area contributed by atoms with Gasteiger partial charge in [0, 0.05) is 18.3 Å². The Morgan fingerprint density at radius 1 is 1.31 bits per heavy atom. The second-order valence-electron chi connectivity index (χ2n) is 5.38. The van der Waals surface area contributed by atoms with Gasteiger partial charge in [-0.3, -0.25) is 0 Å². The highest BCUT2D eigenvalue weighted by Gasteiger charge is 2.20. The molecule has 0 N–H and O–H groups in total. The number of hydrogen-bond donors (Lipinski definition) is 0. The second-order valence-corrected chi connectivity index (χ2v) is 5.38. The molecular weight excluding hydrogens is 194 g/mol. The molecule has 1 aromatic rings. The fourth-order valence-corrected chi connectivity index (χ4v) is 2.80. The molecule has 1 fully saturated rings. The highest BCUT2D eigenvalue weighted by atomic mass is 15.2. The maximum Gasteiger partial charge on any atom is 0.0371 e. The molecule has 0 bridgehead atoms. The van der Waals surface area contributed by atoms with Gasteiger partial charge in [0.25, 0.3) is 0 Å². The highest BCUT2D eigenvalue weighted by molar-refractivity contribution is 5.52. The molecule has 1 atom stereocenters. The van der Waals surface area contributed by atoms with E-state index in [1.54, 1.807) is 0 Å². The number of benzene rings is 1. The first-order chi connectivity index (χ1) is 7.59. The monoisotopic (exact) mass is 217 g/mol. The third-order valence-electron chi connectivity index (χ3n) is 3.76. The van der Waals surface area contributed by atoms with Crippen molar-refractivity contribution in [3.63, 3.8) is 0 Å². The Kier molecular flexibility index (Phi) is 3.22. The van der Waals surface area contributed by atoms with Crippen LogP contribution in [0.1, 0.15) is 50.7 Å². The fraction of sp³-hybridized carbons (Fsp3) is 0.600. The SMILES string of the molecule is Cc1cc(N2CCCC2C)ccc1C(C)C. The van der Waals surface area contributed by atoms with Gasteiger partial charge in [-0.2, -0.15) is 0 Å². The average molecular weight is 217 g/mol. The second kappa shape index (κ2) is 4.48. The summed E-state index contributed by atoms with van der Waals surface area (Å²) in [7, 11) is 0. The minimum Gasteiger partial charge on any atom is -0.369 e. The van der Waals surface area contributed by atoms with Gasteiger partial charge in [0.1, 0.15) is 0 Å².